The topological polar surface area (TPSA) is 44.5 Å². The van der Waals surface area contributed by atoms with Gasteiger partial charge in [0.2, 0.25) is 0 Å². The summed E-state index contributed by atoms with van der Waals surface area (Å²) in [4.78, 5) is 0. The quantitative estimate of drug-likeness (QED) is 0.873. The van der Waals surface area contributed by atoms with Crippen LogP contribution in [0, 0.1) is 0 Å². The molecular weight excluding hydrogens is 226 g/mol. The van der Waals surface area contributed by atoms with Crippen molar-refractivity contribution in [3.63, 3.8) is 0 Å². The van der Waals surface area contributed by atoms with Gasteiger partial charge in [-0.25, -0.2) is 0 Å². The Labute approximate surface area is 108 Å². The molecule has 1 aromatic carbocycles. The van der Waals surface area contributed by atoms with E-state index in [4.69, 9.17) is 15.2 Å². The zero-order chi connectivity index (χ0) is 12.6. The average molecular weight is 247 g/mol. The summed E-state index contributed by atoms with van der Waals surface area (Å²) in [5, 5.41) is 0. The van der Waals surface area contributed by atoms with E-state index in [9.17, 15) is 0 Å². The van der Waals surface area contributed by atoms with Crippen molar-refractivity contribution < 1.29 is 9.47 Å². The van der Waals surface area contributed by atoms with Crippen LogP contribution in [0.25, 0.3) is 0 Å². The van der Waals surface area contributed by atoms with Crippen molar-refractivity contribution in [2.75, 3.05) is 6.61 Å². The Morgan fingerprint density at radius 2 is 2.17 bits per heavy atom. The lowest BCUT2D eigenvalue weighted by Gasteiger charge is -2.37. The first-order chi connectivity index (χ1) is 8.67. The molecule has 0 aliphatic carbocycles. The van der Waals surface area contributed by atoms with E-state index in [1.165, 1.54) is 0 Å². The second kappa shape index (κ2) is 4.56. The monoisotopic (exact) mass is 247 g/mol. The lowest BCUT2D eigenvalue weighted by molar-refractivity contribution is 0.0301. The van der Waals surface area contributed by atoms with Gasteiger partial charge in [-0.15, -0.1) is 0 Å². The number of fused-ring (bicyclic) bond motifs is 1. The van der Waals surface area contributed by atoms with E-state index in [1.807, 2.05) is 18.2 Å². The first-order valence-electron chi connectivity index (χ1n) is 6.84. The van der Waals surface area contributed by atoms with Crippen molar-refractivity contribution in [1.82, 2.24) is 0 Å². The number of para-hydroxylation sites is 1. The molecule has 1 fully saturated rings. The largest absolute Gasteiger partial charge is 0.493 e. The molecule has 3 heteroatoms. The summed E-state index contributed by atoms with van der Waals surface area (Å²) in [6.07, 6.45) is 4.74. The molecule has 0 spiro atoms. The third-order valence-electron chi connectivity index (χ3n) is 4.14. The fraction of sp³-hybridized carbons (Fsp3) is 0.600. The number of ether oxygens (including phenoxy) is 2. The molecule has 3 unspecified atom stereocenters. The molecule has 98 valence electrons. The molecule has 2 N–H and O–H groups in total. The minimum atomic E-state index is -0.288. The number of nitrogens with two attached hydrogens (primary N) is 1. The first kappa shape index (κ1) is 12.0. The van der Waals surface area contributed by atoms with Crippen LogP contribution >= 0.6 is 0 Å². The van der Waals surface area contributed by atoms with E-state index in [0.717, 1.165) is 37.0 Å². The lowest BCUT2D eigenvalue weighted by Crippen LogP contribution is -2.44. The second-order valence-corrected chi connectivity index (χ2v) is 5.60. The summed E-state index contributed by atoms with van der Waals surface area (Å²) in [5.74, 6) is 0.942. The lowest BCUT2D eigenvalue weighted by atomic mass is 9.80. The normalized spacial score (nSPS) is 35.0. The van der Waals surface area contributed by atoms with Gasteiger partial charge in [0.05, 0.1) is 24.4 Å². The van der Waals surface area contributed by atoms with Crippen LogP contribution in [0.15, 0.2) is 24.3 Å². The van der Waals surface area contributed by atoms with E-state index < -0.39 is 0 Å². The summed E-state index contributed by atoms with van der Waals surface area (Å²) in [5.41, 5.74) is 7.49. The third-order valence-corrected chi connectivity index (χ3v) is 4.14. The Hall–Kier alpha value is -1.06. The zero-order valence-electron chi connectivity index (χ0n) is 10.9. The maximum absolute atomic E-state index is 6.64. The van der Waals surface area contributed by atoms with Gasteiger partial charge < -0.3 is 15.2 Å². The molecule has 18 heavy (non-hydrogen) atoms. The van der Waals surface area contributed by atoms with Crippen LogP contribution in [0.5, 0.6) is 5.75 Å². The Morgan fingerprint density at radius 1 is 1.33 bits per heavy atom. The number of rotatable bonds is 2. The second-order valence-electron chi connectivity index (χ2n) is 5.60. The molecule has 0 radical (unpaired) electrons. The van der Waals surface area contributed by atoms with Gasteiger partial charge in [-0.2, -0.15) is 0 Å². The van der Waals surface area contributed by atoms with Gasteiger partial charge in [-0.3, -0.25) is 0 Å². The maximum Gasteiger partial charge on any atom is 0.124 e. The summed E-state index contributed by atoms with van der Waals surface area (Å²) >= 11 is 0. The van der Waals surface area contributed by atoms with E-state index in [-0.39, 0.29) is 5.54 Å². The molecule has 1 saturated heterocycles. The van der Waals surface area contributed by atoms with Crippen molar-refractivity contribution >= 4 is 0 Å². The summed E-state index contributed by atoms with van der Waals surface area (Å²) in [6, 6.07) is 8.13. The SMILES string of the molecule is CC1CCC(CC2(N)CCOc3ccccc32)O1. The molecule has 2 aliphatic rings. The van der Waals surface area contributed by atoms with Crippen LogP contribution in [-0.2, 0) is 10.3 Å². The fourth-order valence-electron chi connectivity index (χ4n) is 3.14. The van der Waals surface area contributed by atoms with Crippen LogP contribution in [0.1, 0.15) is 38.2 Å². The van der Waals surface area contributed by atoms with E-state index in [1.54, 1.807) is 0 Å². The summed E-state index contributed by atoms with van der Waals surface area (Å²) in [6.45, 7) is 2.84. The standard InChI is InChI=1S/C15H21NO2/c1-11-6-7-12(18-11)10-15(16)8-9-17-14-5-3-2-4-13(14)15/h2-5,11-12H,6-10,16H2,1H3. The highest BCUT2D eigenvalue weighted by molar-refractivity contribution is 5.40. The van der Waals surface area contributed by atoms with Crippen LogP contribution in [0.3, 0.4) is 0 Å². The average Bonchev–Trinajstić information content (AvgIpc) is 2.75. The number of hydrogen-bond donors (Lipinski definition) is 1. The molecule has 3 rings (SSSR count). The molecule has 3 nitrogen and oxygen atoms in total. The van der Waals surface area contributed by atoms with Crippen molar-refractivity contribution in [1.29, 1.82) is 0 Å². The molecule has 0 saturated carbocycles. The Balaban J connectivity index is 1.82. The zero-order valence-corrected chi connectivity index (χ0v) is 10.9. The molecular formula is C15H21NO2. The molecule has 2 aliphatic heterocycles. The van der Waals surface area contributed by atoms with E-state index >= 15 is 0 Å². The molecule has 0 amide bonds. The Kier molecular flexibility index (Phi) is 3.04. The number of benzene rings is 1. The molecule has 0 bridgehead atoms. The molecule has 2 heterocycles. The molecule has 3 atom stereocenters. The van der Waals surface area contributed by atoms with Crippen LogP contribution in [-0.4, -0.2) is 18.8 Å². The van der Waals surface area contributed by atoms with Crippen molar-refractivity contribution in [3.8, 4) is 5.75 Å². The van der Waals surface area contributed by atoms with Gasteiger partial charge in [0, 0.05) is 12.0 Å². The van der Waals surface area contributed by atoms with Gasteiger partial charge in [-0.05, 0) is 32.3 Å². The predicted octanol–water partition coefficient (Wildman–Crippen LogP) is 2.58. The van der Waals surface area contributed by atoms with E-state index in [0.29, 0.717) is 18.8 Å². The summed E-state index contributed by atoms with van der Waals surface area (Å²) in [7, 11) is 0. The highest BCUT2D eigenvalue weighted by Crippen LogP contribution is 2.40. The Bertz CT molecular complexity index is 434. The third kappa shape index (κ3) is 2.13. The minimum absolute atomic E-state index is 0.288. The van der Waals surface area contributed by atoms with Crippen molar-refractivity contribution in [3.05, 3.63) is 29.8 Å². The maximum atomic E-state index is 6.64. The van der Waals surface area contributed by atoms with Crippen LogP contribution in [0.2, 0.25) is 0 Å². The van der Waals surface area contributed by atoms with E-state index in [2.05, 4.69) is 13.0 Å². The molecule has 0 aromatic heterocycles. The minimum Gasteiger partial charge on any atom is -0.493 e. The van der Waals surface area contributed by atoms with Gasteiger partial charge in [0.15, 0.2) is 0 Å². The van der Waals surface area contributed by atoms with Gasteiger partial charge in [-0.1, -0.05) is 18.2 Å². The van der Waals surface area contributed by atoms with Crippen molar-refractivity contribution in [2.24, 2.45) is 5.73 Å². The summed E-state index contributed by atoms with van der Waals surface area (Å²) < 4.78 is 11.6. The predicted molar refractivity (Wildman–Crippen MR) is 70.6 cm³/mol. The van der Waals surface area contributed by atoms with Crippen LogP contribution in [0.4, 0.5) is 0 Å². The highest BCUT2D eigenvalue weighted by Gasteiger charge is 2.38. The first-order valence-corrected chi connectivity index (χ1v) is 6.84. The van der Waals surface area contributed by atoms with Crippen LogP contribution < -0.4 is 10.5 Å². The van der Waals surface area contributed by atoms with Crippen molar-refractivity contribution in [2.45, 2.75) is 50.4 Å². The fourth-order valence-corrected chi connectivity index (χ4v) is 3.14. The Morgan fingerprint density at radius 3 is 2.94 bits per heavy atom. The van der Waals surface area contributed by atoms with Gasteiger partial charge in [0.25, 0.3) is 0 Å². The highest BCUT2D eigenvalue weighted by atomic mass is 16.5. The van der Waals surface area contributed by atoms with Gasteiger partial charge in [0.1, 0.15) is 5.75 Å². The smallest absolute Gasteiger partial charge is 0.124 e. The van der Waals surface area contributed by atoms with Gasteiger partial charge >= 0.3 is 0 Å². The molecule has 1 aromatic rings. The number of hydrogen-bond acceptors (Lipinski definition) is 3.